The Kier molecular flexibility index (Phi) is 6.72. The standard InChI is InChI=1S/C23H22ClN3O5/c24-21-14-19(27(29)30)7-8-22(21)32-16-17-3-5-18(6-4-17)23(28)26-11-9-25(10-12-26)15-20-2-1-13-31-20/h1-8,13-14H,9-12,15-16H2. The summed E-state index contributed by atoms with van der Waals surface area (Å²) in [6, 6.07) is 15.2. The van der Waals surface area contributed by atoms with E-state index >= 15 is 0 Å². The van der Waals surface area contributed by atoms with Gasteiger partial charge in [0.1, 0.15) is 18.1 Å². The lowest BCUT2D eigenvalue weighted by atomic mass is 10.1. The van der Waals surface area contributed by atoms with E-state index in [0.717, 1.165) is 31.0 Å². The number of non-ortho nitro benzene ring substituents is 1. The van der Waals surface area contributed by atoms with Crippen LogP contribution < -0.4 is 4.74 Å². The van der Waals surface area contributed by atoms with E-state index in [2.05, 4.69) is 4.90 Å². The highest BCUT2D eigenvalue weighted by molar-refractivity contribution is 6.32. The van der Waals surface area contributed by atoms with Crippen molar-refractivity contribution in [3.8, 4) is 5.75 Å². The quantitative estimate of drug-likeness (QED) is 0.388. The molecule has 0 N–H and O–H groups in total. The molecule has 1 aliphatic rings. The van der Waals surface area contributed by atoms with Crippen molar-refractivity contribution in [2.45, 2.75) is 13.2 Å². The molecule has 1 saturated heterocycles. The summed E-state index contributed by atoms with van der Waals surface area (Å²) in [5.74, 6) is 1.30. The first kappa shape index (κ1) is 21.9. The smallest absolute Gasteiger partial charge is 0.271 e. The Morgan fingerprint density at radius 1 is 1.09 bits per heavy atom. The van der Waals surface area contributed by atoms with Crippen LogP contribution in [0.3, 0.4) is 0 Å². The third-order valence-corrected chi connectivity index (χ3v) is 5.64. The number of halogens is 1. The van der Waals surface area contributed by atoms with Crippen molar-refractivity contribution in [2.75, 3.05) is 26.2 Å². The fourth-order valence-electron chi connectivity index (χ4n) is 3.54. The summed E-state index contributed by atoms with van der Waals surface area (Å²) < 4.78 is 11.1. The summed E-state index contributed by atoms with van der Waals surface area (Å²) in [6.07, 6.45) is 1.67. The number of rotatable bonds is 7. The van der Waals surface area contributed by atoms with Gasteiger partial charge in [-0.15, -0.1) is 0 Å². The van der Waals surface area contributed by atoms with E-state index < -0.39 is 4.92 Å². The first-order valence-corrected chi connectivity index (χ1v) is 10.6. The molecule has 32 heavy (non-hydrogen) atoms. The van der Waals surface area contributed by atoms with Gasteiger partial charge in [0.15, 0.2) is 0 Å². The van der Waals surface area contributed by atoms with Crippen LogP contribution in [0.2, 0.25) is 5.02 Å². The highest BCUT2D eigenvalue weighted by Crippen LogP contribution is 2.29. The minimum atomic E-state index is -0.510. The Labute approximate surface area is 190 Å². The normalized spacial score (nSPS) is 14.3. The molecule has 8 nitrogen and oxygen atoms in total. The van der Waals surface area contributed by atoms with E-state index in [9.17, 15) is 14.9 Å². The third-order valence-electron chi connectivity index (χ3n) is 5.34. The molecule has 4 rings (SSSR count). The Bertz CT molecular complexity index is 1080. The van der Waals surface area contributed by atoms with Crippen LogP contribution in [0.5, 0.6) is 5.75 Å². The summed E-state index contributed by atoms with van der Waals surface area (Å²) in [7, 11) is 0. The van der Waals surface area contributed by atoms with Gasteiger partial charge in [0, 0.05) is 43.9 Å². The molecular weight excluding hydrogens is 434 g/mol. The van der Waals surface area contributed by atoms with Gasteiger partial charge in [0.05, 0.1) is 22.8 Å². The van der Waals surface area contributed by atoms with Gasteiger partial charge < -0.3 is 14.1 Å². The maximum Gasteiger partial charge on any atom is 0.271 e. The fourth-order valence-corrected chi connectivity index (χ4v) is 3.77. The second-order valence-corrected chi connectivity index (χ2v) is 7.91. The van der Waals surface area contributed by atoms with Gasteiger partial charge in [-0.1, -0.05) is 23.7 Å². The Hall–Kier alpha value is -3.36. The average molecular weight is 456 g/mol. The van der Waals surface area contributed by atoms with Gasteiger partial charge in [0.2, 0.25) is 0 Å². The van der Waals surface area contributed by atoms with Crippen LogP contribution in [0.1, 0.15) is 21.7 Å². The lowest BCUT2D eigenvalue weighted by molar-refractivity contribution is -0.384. The van der Waals surface area contributed by atoms with E-state index in [0.29, 0.717) is 24.4 Å². The topological polar surface area (TPSA) is 89.1 Å². The number of furan rings is 1. The van der Waals surface area contributed by atoms with Crippen molar-refractivity contribution in [3.63, 3.8) is 0 Å². The van der Waals surface area contributed by atoms with Gasteiger partial charge in [-0.3, -0.25) is 19.8 Å². The highest BCUT2D eigenvalue weighted by Gasteiger charge is 2.22. The number of amides is 1. The van der Waals surface area contributed by atoms with Crippen molar-refractivity contribution in [2.24, 2.45) is 0 Å². The van der Waals surface area contributed by atoms with Gasteiger partial charge in [-0.2, -0.15) is 0 Å². The van der Waals surface area contributed by atoms with Crippen LogP contribution in [0, 0.1) is 10.1 Å². The van der Waals surface area contributed by atoms with Crippen LogP contribution in [0.25, 0.3) is 0 Å². The lowest BCUT2D eigenvalue weighted by Gasteiger charge is -2.34. The fraction of sp³-hybridized carbons (Fsp3) is 0.261. The minimum Gasteiger partial charge on any atom is -0.487 e. The molecule has 2 aromatic carbocycles. The van der Waals surface area contributed by atoms with Crippen LogP contribution >= 0.6 is 11.6 Å². The van der Waals surface area contributed by atoms with Gasteiger partial charge in [-0.05, 0) is 35.9 Å². The Morgan fingerprint density at radius 2 is 1.84 bits per heavy atom. The molecule has 166 valence electrons. The average Bonchev–Trinajstić information content (AvgIpc) is 3.31. The zero-order valence-corrected chi connectivity index (χ0v) is 18.0. The van der Waals surface area contributed by atoms with E-state index in [1.807, 2.05) is 29.2 Å². The van der Waals surface area contributed by atoms with E-state index in [1.54, 1.807) is 18.4 Å². The van der Waals surface area contributed by atoms with Crippen molar-refractivity contribution in [1.29, 1.82) is 0 Å². The summed E-state index contributed by atoms with van der Waals surface area (Å²) in [5, 5.41) is 11.0. The molecule has 0 atom stereocenters. The number of carbonyl (C=O) groups excluding carboxylic acids is 1. The number of piperazine rings is 1. The molecule has 1 fully saturated rings. The lowest BCUT2D eigenvalue weighted by Crippen LogP contribution is -2.48. The molecule has 3 aromatic rings. The number of nitro groups is 1. The highest BCUT2D eigenvalue weighted by atomic mass is 35.5. The molecular formula is C23H22ClN3O5. The summed E-state index contributed by atoms with van der Waals surface area (Å²) in [4.78, 5) is 27.2. The molecule has 0 saturated carbocycles. The van der Waals surface area contributed by atoms with Gasteiger partial charge in [0.25, 0.3) is 11.6 Å². The van der Waals surface area contributed by atoms with Crippen LogP contribution in [-0.2, 0) is 13.2 Å². The summed E-state index contributed by atoms with van der Waals surface area (Å²) in [6.45, 7) is 3.93. The number of hydrogen-bond donors (Lipinski definition) is 0. The monoisotopic (exact) mass is 455 g/mol. The summed E-state index contributed by atoms with van der Waals surface area (Å²) >= 11 is 6.05. The van der Waals surface area contributed by atoms with Crippen LogP contribution in [0.4, 0.5) is 5.69 Å². The largest absolute Gasteiger partial charge is 0.487 e. The van der Waals surface area contributed by atoms with Crippen molar-refractivity contribution in [3.05, 3.63) is 92.9 Å². The number of ether oxygens (including phenoxy) is 1. The zero-order valence-electron chi connectivity index (χ0n) is 17.3. The van der Waals surface area contributed by atoms with Crippen molar-refractivity contribution in [1.82, 2.24) is 9.80 Å². The van der Waals surface area contributed by atoms with Gasteiger partial charge in [-0.25, -0.2) is 0 Å². The first-order valence-electron chi connectivity index (χ1n) is 10.2. The minimum absolute atomic E-state index is 0.00790. The number of carbonyl (C=O) groups is 1. The SMILES string of the molecule is O=C(c1ccc(COc2ccc([N+](=O)[O-])cc2Cl)cc1)N1CCN(Cc2ccco2)CC1. The molecule has 1 aromatic heterocycles. The maximum absolute atomic E-state index is 12.8. The van der Waals surface area contributed by atoms with Crippen molar-refractivity contribution < 1.29 is 18.9 Å². The number of nitro benzene ring substituents is 1. The molecule has 2 heterocycles. The number of benzene rings is 2. The predicted molar refractivity (Wildman–Crippen MR) is 119 cm³/mol. The Morgan fingerprint density at radius 3 is 2.47 bits per heavy atom. The number of hydrogen-bond acceptors (Lipinski definition) is 6. The second-order valence-electron chi connectivity index (χ2n) is 7.51. The molecule has 1 amide bonds. The number of nitrogens with zero attached hydrogens (tertiary/aromatic N) is 3. The van der Waals surface area contributed by atoms with E-state index in [4.69, 9.17) is 20.8 Å². The molecule has 0 spiro atoms. The van der Waals surface area contributed by atoms with E-state index in [1.165, 1.54) is 18.2 Å². The molecule has 9 heteroatoms. The van der Waals surface area contributed by atoms with Crippen LogP contribution in [0.15, 0.2) is 65.3 Å². The molecule has 0 unspecified atom stereocenters. The predicted octanol–water partition coefficient (Wildman–Crippen LogP) is 4.38. The van der Waals surface area contributed by atoms with E-state index in [-0.39, 0.29) is 23.2 Å². The first-order chi connectivity index (χ1) is 15.5. The molecule has 0 bridgehead atoms. The van der Waals surface area contributed by atoms with Crippen LogP contribution in [-0.4, -0.2) is 46.8 Å². The second kappa shape index (κ2) is 9.84. The third kappa shape index (κ3) is 5.27. The molecule has 0 radical (unpaired) electrons. The van der Waals surface area contributed by atoms with Crippen molar-refractivity contribution >= 4 is 23.2 Å². The van der Waals surface area contributed by atoms with Gasteiger partial charge >= 0.3 is 0 Å². The Balaban J connectivity index is 1.29. The zero-order chi connectivity index (χ0) is 22.5. The molecule has 0 aliphatic carbocycles. The summed E-state index contributed by atoms with van der Waals surface area (Å²) in [5.41, 5.74) is 1.40. The molecule has 1 aliphatic heterocycles. The maximum atomic E-state index is 12.8.